The molecule has 130 valence electrons. The molecule has 0 aromatic carbocycles. The second kappa shape index (κ2) is 8.97. The highest BCUT2D eigenvalue weighted by Crippen LogP contribution is 2.30. The van der Waals surface area contributed by atoms with Gasteiger partial charge in [-0.1, -0.05) is 19.3 Å². The van der Waals surface area contributed by atoms with Crippen LogP contribution in [-0.4, -0.2) is 58.2 Å². The topological polar surface area (TPSA) is 47.9 Å². The Morgan fingerprint density at radius 3 is 2.55 bits per heavy atom. The molecule has 2 N–H and O–H groups in total. The third-order valence-electron chi connectivity index (χ3n) is 4.37. The average Bonchev–Trinajstić information content (AvgIpc) is 2.43. The first-order valence-corrected chi connectivity index (χ1v) is 9.32. The Labute approximate surface area is 156 Å². The van der Waals surface area contributed by atoms with Crippen LogP contribution in [0.15, 0.2) is 4.99 Å². The van der Waals surface area contributed by atoms with E-state index in [-0.39, 0.29) is 28.7 Å². The molecule has 0 bridgehead atoms. The zero-order valence-electron chi connectivity index (χ0n) is 14.2. The highest BCUT2D eigenvalue weighted by molar-refractivity contribution is 14.0. The van der Waals surface area contributed by atoms with Gasteiger partial charge in [0.15, 0.2) is 5.96 Å². The molecular formula is C16H32IN3OS. The van der Waals surface area contributed by atoms with E-state index in [4.69, 9.17) is 4.99 Å². The van der Waals surface area contributed by atoms with Crippen LogP contribution >= 0.6 is 35.7 Å². The minimum absolute atomic E-state index is 0. The van der Waals surface area contributed by atoms with Gasteiger partial charge in [-0.25, -0.2) is 0 Å². The molecule has 22 heavy (non-hydrogen) atoms. The number of halogens is 1. The van der Waals surface area contributed by atoms with E-state index >= 15 is 0 Å². The lowest BCUT2D eigenvalue weighted by molar-refractivity contribution is 0.0129. The van der Waals surface area contributed by atoms with Gasteiger partial charge in [-0.2, -0.15) is 11.8 Å². The first-order valence-electron chi connectivity index (χ1n) is 8.34. The molecule has 1 saturated carbocycles. The first-order chi connectivity index (χ1) is 9.94. The number of hydrogen-bond acceptors (Lipinski definition) is 3. The molecule has 2 fully saturated rings. The van der Waals surface area contributed by atoms with Crippen molar-refractivity contribution in [2.24, 2.45) is 4.99 Å². The fraction of sp³-hybridized carbons (Fsp3) is 0.938. The third-order valence-corrected chi connectivity index (χ3v) is 5.66. The van der Waals surface area contributed by atoms with Gasteiger partial charge in [0.05, 0.1) is 12.1 Å². The van der Waals surface area contributed by atoms with Crippen LogP contribution in [0.5, 0.6) is 0 Å². The SMILES string of the molecule is CCNC(=NCC1(O)CCCCC1)N1CCSC(C)(C)C1.I. The molecule has 0 amide bonds. The normalized spacial score (nSPS) is 24.5. The smallest absolute Gasteiger partial charge is 0.194 e. The zero-order valence-corrected chi connectivity index (χ0v) is 17.4. The van der Waals surface area contributed by atoms with Crippen LogP contribution in [0.25, 0.3) is 0 Å². The van der Waals surface area contributed by atoms with E-state index in [0.717, 1.165) is 57.0 Å². The molecule has 1 heterocycles. The summed E-state index contributed by atoms with van der Waals surface area (Å²) in [6, 6.07) is 0. The molecule has 1 aliphatic carbocycles. The van der Waals surface area contributed by atoms with E-state index in [1.165, 1.54) is 6.42 Å². The van der Waals surface area contributed by atoms with Gasteiger partial charge in [0.25, 0.3) is 0 Å². The summed E-state index contributed by atoms with van der Waals surface area (Å²) in [5, 5.41) is 14.0. The van der Waals surface area contributed by atoms with Crippen molar-refractivity contribution < 1.29 is 5.11 Å². The van der Waals surface area contributed by atoms with Crippen molar-refractivity contribution in [2.45, 2.75) is 63.2 Å². The summed E-state index contributed by atoms with van der Waals surface area (Å²) >= 11 is 2.03. The average molecular weight is 441 g/mol. The van der Waals surface area contributed by atoms with Crippen LogP contribution < -0.4 is 5.32 Å². The predicted molar refractivity (Wildman–Crippen MR) is 108 cm³/mol. The number of nitrogens with zero attached hydrogens (tertiary/aromatic N) is 2. The summed E-state index contributed by atoms with van der Waals surface area (Å²) < 4.78 is 0.274. The summed E-state index contributed by atoms with van der Waals surface area (Å²) in [6.45, 7) is 10.2. The maximum atomic E-state index is 10.6. The standard InChI is InChI=1S/C16H31N3OS.HI/c1-4-17-14(19-10-11-21-15(2,3)13-19)18-12-16(20)8-6-5-7-9-16;/h20H,4-13H2,1-3H3,(H,17,18);1H. The zero-order chi connectivity index (χ0) is 15.3. The van der Waals surface area contributed by atoms with Crippen molar-refractivity contribution in [1.29, 1.82) is 0 Å². The van der Waals surface area contributed by atoms with Crippen LogP contribution in [0.4, 0.5) is 0 Å². The Balaban J connectivity index is 0.00000242. The van der Waals surface area contributed by atoms with E-state index in [0.29, 0.717) is 6.54 Å². The van der Waals surface area contributed by atoms with E-state index in [1.807, 2.05) is 11.8 Å². The Kier molecular flexibility index (Phi) is 8.30. The lowest BCUT2D eigenvalue weighted by Crippen LogP contribution is -2.51. The molecule has 0 radical (unpaired) electrons. The molecule has 0 atom stereocenters. The second-order valence-corrected chi connectivity index (χ2v) is 8.79. The van der Waals surface area contributed by atoms with Crippen LogP contribution in [0.3, 0.4) is 0 Å². The van der Waals surface area contributed by atoms with Crippen molar-refractivity contribution in [3.8, 4) is 0 Å². The van der Waals surface area contributed by atoms with Crippen LogP contribution in [-0.2, 0) is 0 Å². The summed E-state index contributed by atoms with van der Waals surface area (Å²) in [4.78, 5) is 7.12. The Morgan fingerprint density at radius 2 is 1.95 bits per heavy atom. The van der Waals surface area contributed by atoms with E-state index in [1.54, 1.807) is 0 Å². The van der Waals surface area contributed by atoms with Gasteiger partial charge < -0.3 is 15.3 Å². The van der Waals surface area contributed by atoms with E-state index < -0.39 is 5.60 Å². The molecule has 4 nitrogen and oxygen atoms in total. The van der Waals surface area contributed by atoms with Gasteiger partial charge in [0, 0.05) is 30.1 Å². The summed E-state index contributed by atoms with van der Waals surface area (Å²) in [7, 11) is 0. The molecule has 0 spiro atoms. The van der Waals surface area contributed by atoms with E-state index in [2.05, 4.69) is 31.0 Å². The van der Waals surface area contributed by atoms with Crippen molar-refractivity contribution >= 4 is 41.7 Å². The predicted octanol–water partition coefficient (Wildman–Crippen LogP) is 3.09. The molecule has 0 unspecified atom stereocenters. The number of aliphatic hydroxyl groups is 1. The highest BCUT2D eigenvalue weighted by atomic mass is 127. The quantitative estimate of drug-likeness (QED) is 0.402. The maximum absolute atomic E-state index is 10.6. The van der Waals surface area contributed by atoms with Crippen LogP contribution in [0.1, 0.15) is 52.9 Å². The second-order valence-electron chi connectivity index (χ2n) is 6.98. The highest BCUT2D eigenvalue weighted by Gasteiger charge is 2.31. The first kappa shape index (κ1) is 20.4. The van der Waals surface area contributed by atoms with Crippen LogP contribution in [0, 0.1) is 0 Å². The fourth-order valence-corrected chi connectivity index (χ4v) is 4.32. The van der Waals surface area contributed by atoms with Crippen molar-refractivity contribution in [1.82, 2.24) is 10.2 Å². The van der Waals surface area contributed by atoms with Crippen LogP contribution in [0.2, 0.25) is 0 Å². The number of aliphatic imine (C=N–C) groups is 1. The van der Waals surface area contributed by atoms with Gasteiger partial charge in [0.1, 0.15) is 0 Å². The number of thioether (sulfide) groups is 1. The van der Waals surface area contributed by atoms with Crippen molar-refractivity contribution in [2.75, 3.05) is 31.9 Å². The molecule has 2 aliphatic rings. The molecule has 0 aromatic heterocycles. The summed E-state index contributed by atoms with van der Waals surface area (Å²) in [5.74, 6) is 2.12. The minimum Gasteiger partial charge on any atom is -0.388 e. The number of rotatable bonds is 3. The minimum atomic E-state index is -0.570. The maximum Gasteiger partial charge on any atom is 0.194 e. The lowest BCUT2D eigenvalue weighted by atomic mass is 9.85. The Morgan fingerprint density at radius 1 is 1.27 bits per heavy atom. The van der Waals surface area contributed by atoms with Gasteiger partial charge in [0.2, 0.25) is 0 Å². The number of guanidine groups is 1. The van der Waals surface area contributed by atoms with Gasteiger partial charge >= 0.3 is 0 Å². The van der Waals surface area contributed by atoms with Gasteiger partial charge in [-0.3, -0.25) is 4.99 Å². The molecule has 1 saturated heterocycles. The monoisotopic (exact) mass is 441 g/mol. The van der Waals surface area contributed by atoms with Crippen molar-refractivity contribution in [3.63, 3.8) is 0 Å². The van der Waals surface area contributed by atoms with E-state index in [9.17, 15) is 5.11 Å². The van der Waals surface area contributed by atoms with Crippen molar-refractivity contribution in [3.05, 3.63) is 0 Å². The molecule has 2 rings (SSSR count). The molecule has 6 heteroatoms. The largest absolute Gasteiger partial charge is 0.388 e. The fourth-order valence-electron chi connectivity index (χ4n) is 3.21. The van der Waals surface area contributed by atoms with Gasteiger partial charge in [-0.05, 0) is 33.6 Å². The molecule has 0 aromatic rings. The lowest BCUT2D eigenvalue weighted by Gasteiger charge is -2.39. The summed E-state index contributed by atoms with van der Waals surface area (Å²) in [5.41, 5.74) is -0.570. The summed E-state index contributed by atoms with van der Waals surface area (Å²) in [6.07, 6.45) is 5.32. The Hall–Kier alpha value is 0.310. The number of nitrogens with one attached hydrogen (secondary N) is 1. The van der Waals surface area contributed by atoms with Gasteiger partial charge in [-0.15, -0.1) is 24.0 Å². The molecular weight excluding hydrogens is 409 g/mol. The number of hydrogen-bond donors (Lipinski definition) is 2. The molecule has 1 aliphatic heterocycles. The Bertz CT molecular complexity index is 370. The third kappa shape index (κ3) is 6.07.